The van der Waals surface area contributed by atoms with Gasteiger partial charge in [-0.2, -0.15) is 0 Å². The Morgan fingerprint density at radius 2 is 1.74 bits per heavy atom. The van der Waals surface area contributed by atoms with Crippen LogP contribution in [-0.4, -0.2) is 20.3 Å². The average molecular weight is 374 g/mol. The second-order valence-corrected chi connectivity index (χ2v) is 6.65. The lowest BCUT2D eigenvalue weighted by molar-refractivity contribution is -0.205. The van der Waals surface area contributed by atoms with E-state index < -0.39 is 24.0 Å². The maximum Gasteiger partial charge on any atom is 0.183 e. The molecule has 1 aliphatic heterocycles. The second-order valence-electron chi connectivity index (χ2n) is 6.65. The standard InChI is InChI=1S/C22H24F2O3/c1-3-4-6-15-13-26-22(27-14-15)17-11-9-16(10-12-17)21(25-2)20-18(23)7-5-8-19(20)24/h3,5,7-12,15,21-22H,1,4,6,13-14H2,2H3/t15-,21?,22-. The highest BCUT2D eigenvalue weighted by Crippen LogP contribution is 2.32. The fourth-order valence-electron chi connectivity index (χ4n) is 3.27. The van der Waals surface area contributed by atoms with Gasteiger partial charge in [-0.05, 0) is 30.5 Å². The van der Waals surface area contributed by atoms with Crippen molar-refractivity contribution in [2.45, 2.75) is 25.2 Å². The molecule has 0 aromatic heterocycles. The first-order valence-electron chi connectivity index (χ1n) is 9.04. The molecule has 0 spiro atoms. The summed E-state index contributed by atoms with van der Waals surface area (Å²) in [4.78, 5) is 0. The van der Waals surface area contributed by atoms with E-state index in [0.717, 1.165) is 18.4 Å². The molecule has 2 aromatic carbocycles. The highest BCUT2D eigenvalue weighted by atomic mass is 19.1. The number of hydrogen-bond acceptors (Lipinski definition) is 3. The monoisotopic (exact) mass is 374 g/mol. The Labute approximate surface area is 158 Å². The zero-order valence-corrected chi connectivity index (χ0v) is 15.4. The van der Waals surface area contributed by atoms with E-state index in [9.17, 15) is 8.78 Å². The van der Waals surface area contributed by atoms with Gasteiger partial charge in [-0.3, -0.25) is 0 Å². The summed E-state index contributed by atoms with van der Waals surface area (Å²) in [6, 6.07) is 11.0. The second kappa shape index (κ2) is 9.22. The van der Waals surface area contributed by atoms with Gasteiger partial charge in [-0.1, -0.05) is 36.4 Å². The third-order valence-electron chi connectivity index (χ3n) is 4.75. The minimum Gasteiger partial charge on any atom is -0.372 e. The molecule has 0 saturated carbocycles. The lowest BCUT2D eigenvalue weighted by Gasteiger charge is -2.29. The molecule has 1 atom stereocenters. The summed E-state index contributed by atoms with van der Waals surface area (Å²) in [7, 11) is 1.43. The van der Waals surface area contributed by atoms with Crippen LogP contribution in [0, 0.1) is 17.6 Å². The van der Waals surface area contributed by atoms with Gasteiger partial charge in [0.05, 0.1) is 18.8 Å². The first kappa shape index (κ1) is 19.7. The average Bonchev–Trinajstić information content (AvgIpc) is 2.70. The molecule has 0 bridgehead atoms. The van der Waals surface area contributed by atoms with Crippen molar-refractivity contribution in [2.75, 3.05) is 20.3 Å². The van der Waals surface area contributed by atoms with Crippen LogP contribution in [0.3, 0.4) is 0 Å². The number of allylic oxidation sites excluding steroid dienone is 1. The molecule has 27 heavy (non-hydrogen) atoms. The quantitative estimate of drug-likeness (QED) is 0.613. The minimum atomic E-state index is -0.822. The molecule has 0 N–H and O–H groups in total. The van der Waals surface area contributed by atoms with Crippen molar-refractivity contribution < 1.29 is 23.0 Å². The lowest BCUT2D eigenvalue weighted by Crippen LogP contribution is -2.27. The van der Waals surface area contributed by atoms with Gasteiger partial charge in [0.1, 0.15) is 17.7 Å². The largest absolute Gasteiger partial charge is 0.372 e. The van der Waals surface area contributed by atoms with Gasteiger partial charge in [0.15, 0.2) is 6.29 Å². The van der Waals surface area contributed by atoms with E-state index in [4.69, 9.17) is 14.2 Å². The van der Waals surface area contributed by atoms with E-state index in [1.165, 1.54) is 25.3 Å². The van der Waals surface area contributed by atoms with E-state index in [0.29, 0.717) is 24.7 Å². The van der Waals surface area contributed by atoms with Gasteiger partial charge in [0, 0.05) is 18.6 Å². The predicted octanol–water partition coefficient (Wildman–Crippen LogP) is 5.33. The topological polar surface area (TPSA) is 27.7 Å². The molecule has 1 aliphatic rings. The zero-order chi connectivity index (χ0) is 19.2. The number of rotatable bonds is 7. The molecular weight excluding hydrogens is 350 g/mol. The summed E-state index contributed by atoms with van der Waals surface area (Å²) in [6.45, 7) is 5.01. The summed E-state index contributed by atoms with van der Waals surface area (Å²) in [5, 5.41) is 0. The molecule has 3 nitrogen and oxygen atoms in total. The summed E-state index contributed by atoms with van der Waals surface area (Å²) in [6.07, 6.45) is 2.60. The van der Waals surface area contributed by atoms with Gasteiger partial charge < -0.3 is 14.2 Å². The van der Waals surface area contributed by atoms with Crippen molar-refractivity contribution in [1.82, 2.24) is 0 Å². The van der Waals surface area contributed by atoms with Gasteiger partial charge in [-0.15, -0.1) is 6.58 Å². The SMILES string of the molecule is C=CCC[C@H]1CO[C@H](c2ccc(C(OC)c3c(F)cccc3F)cc2)OC1. The van der Waals surface area contributed by atoms with Crippen molar-refractivity contribution in [2.24, 2.45) is 5.92 Å². The molecule has 1 heterocycles. The van der Waals surface area contributed by atoms with Gasteiger partial charge in [-0.25, -0.2) is 8.78 Å². The van der Waals surface area contributed by atoms with Crippen molar-refractivity contribution >= 4 is 0 Å². The Kier molecular flexibility index (Phi) is 6.72. The maximum absolute atomic E-state index is 14.1. The number of methoxy groups -OCH3 is 1. The zero-order valence-electron chi connectivity index (χ0n) is 15.4. The highest BCUT2D eigenvalue weighted by molar-refractivity contribution is 5.34. The first-order chi connectivity index (χ1) is 13.1. The summed E-state index contributed by atoms with van der Waals surface area (Å²) < 4.78 is 45.2. The summed E-state index contributed by atoms with van der Waals surface area (Å²) in [5.74, 6) is -0.883. The molecule has 144 valence electrons. The van der Waals surface area contributed by atoms with Crippen molar-refractivity contribution in [3.63, 3.8) is 0 Å². The van der Waals surface area contributed by atoms with Gasteiger partial charge in [0.2, 0.25) is 0 Å². The Morgan fingerprint density at radius 1 is 1.11 bits per heavy atom. The number of halogens is 2. The van der Waals surface area contributed by atoms with Crippen LogP contribution in [0.25, 0.3) is 0 Å². The Hall–Kier alpha value is -2.08. The summed E-state index contributed by atoms with van der Waals surface area (Å²) in [5.41, 5.74) is 1.43. The third-order valence-corrected chi connectivity index (χ3v) is 4.75. The molecule has 0 amide bonds. The van der Waals surface area contributed by atoms with E-state index in [-0.39, 0.29) is 5.56 Å². The third kappa shape index (κ3) is 4.61. The normalized spacial score (nSPS) is 21.0. The lowest BCUT2D eigenvalue weighted by atomic mass is 9.98. The van der Waals surface area contributed by atoms with Crippen molar-refractivity contribution in [1.29, 1.82) is 0 Å². The molecule has 3 rings (SSSR count). The molecular formula is C22H24F2O3. The van der Waals surface area contributed by atoms with Crippen LogP contribution in [-0.2, 0) is 14.2 Å². The van der Waals surface area contributed by atoms with Crippen LogP contribution < -0.4 is 0 Å². The molecule has 1 saturated heterocycles. The van der Waals surface area contributed by atoms with E-state index in [1.54, 1.807) is 12.1 Å². The fraction of sp³-hybridized carbons (Fsp3) is 0.364. The van der Waals surface area contributed by atoms with Crippen molar-refractivity contribution in [3.8, 4) is 0 Å². The molecule has 0 radical (unpaired) electrons. The van der Waals surface area contributed by atoms with E-state index in [1.807, 2.05) is 18.2 Å². The summed E-state index contributed by atoms with van der Waals surface area (Å²) >= 11 is 0. The Morgan fingerprint density at radius 3 is 2.30 bits per heavy atom. The minimum absolute atomic E-state index is 0.0945. The number of ether oxygens (including phenoxy) is 3. The number of benzene rings is 2. The smallest absolute Gasteiger partial charge is 0.183 e. The molecule has 0 aliphatic carbocycles. The van der Waals surface area contributed by atoms with E-state index >= 15 is 0 Å². The van der Waals surface area contributed by atoms with Crippen LogP contribution in [0.4, 0.5) is 8.78 Å². The number of hydrogen-bond donors (Lipinski definition) is 0. The Bertz CT molecular complexity index is 732. The van der Waals surface area contributed by atoms with Crippen molar-refractivity contribution in [3.05, 3.63) is 83.4 Å². The molecule has 5 heteroatoms. The van der Waals surface area contributed by atoms with Gasteiger partial charge in [0.25, 0.3) is 0 Å². The van der Waals surface area contributed by atoms with Crippen LogP contribution >= 0.6 is 0 Å². The maximum atomic E-state index is 14.1. The van der Waals surface area contributed by atoms with Crippen LogP contribution in [0.2, 0.25) is 0 Å². The highest BCUT2D eigenvalue weighted by Gasteiger charge is 2.25. The Balaban J connectivity index is 1.71. The predicted molar refractivity (Wildman–Crippen MR) is 99.2 cm³/mol. The van der Waals surface area contributed by atoms with Gasteiger partial charge >= 0.3 is 0 Å². The molecule has 1 fully saturated rings. The van der Waals surface area contributed by atoms with Crippen LogP contribution in [0.15, 0.2) is 55.1 Å². The van der Waals surface area contributed by atoms with Crippen LogP contribution in [0.1, 0.15) is 41.9 Å². The fourth-order valence-corrected chi connectivity index (χ4v) is 3.27. The first-order valence-corrected chi connectivity index (χ1v) is 9.04. The van der Waals surface area contributed by atoms with E-state index in [2.05, 4.69) is 6.58 Å². The van der Waals surface area contributed by atoms with Crippen LogP contribution in [0.5, 0.6) is 0 Å². The molecule has 1 unspecified atom stereocenters. The molecule has 2 aromatic rings.